The third-order valence-electron chi connectivity index (χ3n) is 1.79. The lowest BCUT2D eigenvalue weighted by Gasteiger charge is -2.06. The van der Waals surface area contributed by atoms with E-state index in [9.17, 15) is 9.18 Å². The number of benzene rings is 1. The third kappa shape index (κ3) is 2.70. The molecule has 0 heterocycles. The maximum Gasteiger partial charge on any atom is 0.152 e. The number of methoxy groups -OCH3 is 1. The number of rotatable bonds is 4. The molecule has 0 aliphatic carbocycles. The number of carbonyl (C=O) groups is 1. The van der Waals surface area contributed by atoms with Crippen LogP contribution in [-0.2, 0) is 11.2 Å². The molecule has 1 aromatic rings. The minimum Gasteiger partial charge on any atom is -0.496 e. The van der Waals surface area contributed by atoms with Gasteiger partial charge in [-0.2, -0.15) is 0 Å². The second-order valence-electron chi connectivity index (χ2n) is 2.81. The maximum absolute atomic E-state index is 12.8. The standard InChI is InChI=1S/C10H10ClFO2/c1-14-10-5-8(12)3-2-7(10)4-9(13)6-11/h2-3,5H,4,6H2,1H3. The van der Waals surface area contributed by atoms with Gasteiger partial charge in [-0.05, 0) is 6.07 Å². The van der Waals surface area contributed by atoms with E-state index in [0.29, 0.717) is 11.3 Å². The van der Waals surface area contributed by atoms with Crippen LogP contribution in [0, 0.1) is 5.82 Å². The smallest absolute Gasteiger partial charge is 0.152 e. The largest absolute Gasteiger partial charge is 0.496 e. The van der Waals surface area contributed by atoms with Gasteiger partial charge in [0.2, 0.25) is 0 Å². The van der Waals surface area contributed by atoms with Crippen molar-refractivity contribution >= 4 is 17.4 Å². The molecular weight excluding hydrogens is 207 g/mol. The Balaban J connectivity index is 2.90. The van der Waals surface area contributed by atoms with Crippen LogP contribution < -0.4 is 4.74 Å². The first-order chi connectivity index (χ1) is 6.67. The Morgan fingerprint density at radius 3 is 2.86 bits per heavy atom. The number of ether oxygens (including phenoxy) is 1. The van der Waals surface area contributed by atoms with Gasteiger partial charge in [0, 0.05) is 18.1 Å². The van der Waals surface area contributed by atoms with Crippen LogP contribution in [0.5, 0.6) is 5.75 Å². The first-order valence-corrected chi connectivity index (χ1v) is 4.61. The average Bonchev–Trinajstić information content (AvgIpc) is 2.20. The van der Waals surface area contributed by atoms with Gasteiger partial charge < -0.3 is 4.74 Å². The Bertz CT molecular complexity index is 339. The lowest BCUT2D eigenvalue weighted by molar-refractivity contribution is -0.116. The first kappa shape index (κ1) is 11.0. The molecular formula is C10H10ClFO2. The van der Waals surface area contributed by atoms with Crippen molar-refractivity contribution in [3.05, 3.63) is 29.6 Å². The molecule has 0 saturated carbocycles. The molecule has 0 N–H and O–H groups in total. The van der Waals surface area contributed by atoms with E-state index >= 15 is 0 Å². The number of Topliss-reactive ketones (excluding diaryl/α,β-unsaturated/α-hetero) is 1. The van der Waals surface area contributed by atoms with Gasteiger partial charge in [-0.25, -0.2) is 4.39 Å². The van der Waals surface area contributed by atoms with E-state index in [1.807, 2.05) is 0 Å². The van der Waals surface area contributed by atoms with Crippen LogP contribution in [0.15, 0.2) is 18.2 Å². The molecule has 2 nitrogen and oxygen atoms in total. The Labute approximate surface area is 86.6 Å². The van der Waals surface area contributed by atoms with Crippen molar-refractivity contribution in [2.24, 2.45) is 0 Å². The molecule has 4 heteroatoms. The highest BCUT2D eigenvalue weighted by Gasteiger charge is 2.08. The van der Waals surface area contributed by atoms with Gasteiger partial charge >= 0.3 is 0 Å². The summed E-state index contributed by atoms with van der Waals surface area (Å²) in [5.41, 5.74) is 0.652. The number of carbonyl (C=O) groups excluding carboxylic acids is 1. The Morgan fingerprint density at radius 2 is 2.29 bits per heavy atom. The van der Waals surface area contributed by atoms with Crippen LogP contribution in [0.25, 0.3) is 0 Å². The summed E-state index contributed by atoms with van der Waals surface area (Å²) < 4.78 is 17.7. The maximum atomic E-state index is 12.8. The van der Waals surface area contributed by atoms with E-state index in [0.717, 1.165) is 0 Å². The molecule has 76 valence electrons. The zero-order chi connectivity index (χ0) is 10.6. The average molecular weight is 217 g/mol. The number of halogens is 2. The van der Waals surface area contributed by atoms with Crippen molar-refractivity contribution in [2.75, 3.05) is 13.0 Å². The lowest BCUT2D eigenvalue weighted by atomic mass is 10.1. The van der Waals surface area contributed by atoms with Crippen molar-refractivity contribution in [3.63, 3.8) is 0 Å². The first-order valence-electron chi connectivity index (χ1n) is 4.07. The number of alkyl halides is 1. The molecule has 0 aromatic heterocycles. The van der Waals surface area contributed by atoms with E-state index in [-0.39, 0.29) is 23.9 Å². The normalized spacial score (nSPS) is 9.93. The molecule has 14 heavy (non-hydrogen) atoms. The summed E-state index contributed by atoms with van der Waals surface area (Å²) in [4.78, 5) is 11.1. The molecule has 0 radical (unpaired) electrons. The van der Waals surface area contributed by atoms with Crippen molar-refractivity contribution in [2.45, 2.75) is 6.42 Å². The van der Waals surface area contributed by atoms with Crippen LogP contribution in [0.2, 0.25) is 0 Å². The Morgan fingerprint density at radius 1 is 1.57 bits per heavy atom. The van der Waals surface area contributed by atoms with Gasteiger partial charge in [0.1, 0.15) is 11.6 Å². The molecule has 0 fully saturated rings. The van der Waals surface area contributed by atoms with Crippen LogP contribution in [0.1, 0.15) is 5.56 Å². The molecule has 0 amide bonds. The highest BCUT2D eigenvalue weighted by Crippen LogP contribution is 2.20. The van der Waals surface area contributed by atoms with Gasteiger partial charge in [0.25, 0.3) is 0 Å². The van der Waals surface area contributed by atoms with Crippen LogP contribution in [0.3, 0.4) is 0 Å². The molecule has 0 aliphatic rings. The number of ketones is 1. The van der Waals surface area contributed by atoms with Crippen molar-refractivity contribution in [3.8, 4) is 5.75 Å². The monoisotopic (exact) mass is 216 g/mol. The quantitative estimate of drug-likeness (QED) is 0.722. The Hall–Kier alpha value is -1.09. The van der Waals surface area contributed by atoms with E-state index in [1.165, 1.54) is 25.3 Å². The third-order valence-corrected chi connectivity index (χ3v) is 2.08. The summed E-state index contributed by atoms with van der Waals surface area (Å²) >= 11 is 5.36. The molecule has 0 atom stereocenters. The van der Waals surface area contributed by atoms with Gasteiger partial charge in [-0.3, -0.25) is 4.79 Å². The lowest BCUT2D eigenvalue weighted by Crippen LogP contribution is -2.05. The Kier molecular flexibility index (Phi) is 3.89. The highest BCUT2D eigenvalue weighted by atomic mass is 35.5. The summed E-state index contributed by atoms with van der Waals surface area (Å²) in [6.45, 7) is 0. The fourth-order valence-electron chi connectivity index (χ4n) is 1.12. The van der Waals surface area contributed by atoms with Crippen LogP contribution in [0.4, 0.5) is 4.39 Å². The zero-order valence-corrected chi connectivity index (χ0v) is 8.47. The molecule has 0 saturated heterocycles. The molecule has 0 unspecified atom stereocenters. The fraction of sp³-hybridized carbons (Fsp3) is 0.300. The van der Waals surface area contributed by atoms with Crippen LogP contribution >= 0.6 is 11.6 Å². The van der Waals surface area contributed by atoms with Gasteiger partial charge in [0.05, 0.1) is 13.0 Å². The highest BCUT2D eigenvalue weighted by molar-refractivity contribution is 6.27. The van der Waals surface area contributed by atoms with Crippen molar-refractivity contribution in [1.29, 1.82) is 0 Å². The molecule has 1 rings (SSSR count). The van der Waals surface area contributed by atoms with E-state index in [2.05, 4.69) is 0 Å². The number of hydrogen-bond acceptors (Lipinski definition) is 2. The summed E-state index contributed by atoms with van der Waals surface area (Å²) in [6.07, 6.45) is 0.174. The van der Waals surface area contributed by atoms with Gasteiger partial charge in [-0.1, -0.05) is 6.07 Å². The fourth-order valence-corrected chi connectivity index (χ4v) is 1.22. The molecule has 0 bridgehead atoms. The van der Waals surface area contributed by atoms with E-state index in [4.69, 9.17) is 16.3 Å². The SMILES string of the molecule is COc1cc(F)ccc1CC(=O)CCl. The molecule has 0 spiro atoms. The predicted molar refractivity (Wildman–Crippen MR) is 52.4 cm³/mol. The molecule has 1 aromatic carbocycles. The van der Waals surface area contributed by atoms with Gasteiger partial charge in [-0.15, -0.1) is 11.6 Å². The van der Waals surface area contributed by atoms with E-state index < -0.39 is 0 Å². The van der Waals surface area contributed by atoms with Crippen LogP contribution in [-0.4, -0.2) is 18.8 Å². The summed E-state index contributed by atoms with van der Waals surface area (Å²) in [7, 11) is 1.43. The van der Waals surface area contributed by atoms with Crippen molar-refractivity contribution in [1.82, 2.24) is 0 Å². The minimum absolute atomic E-state index is 0.0411. The second-order valence-corrected chi connectivity index (χ2v) is 3.07. The summed E-state index contributed by atoms with van der Waals surface area (Å²) in [5, 5.41) is 0. The van der Waals surface area contributed by atoms with Crippen molar-refractivity contribution < 1.29 is 13.9 Å². The topological polar surface area (TPSA) is 26.3 Å². The summed E-state index contributed by atoms with van der Waals surface area (Å²) in [5.74, 6) is -0.162. The minimum atomic E-state index is -0.385. The predicted octanol–water partition coefficient (Wildman–Crippen LogP) is 2.18. The molecule has 0 aliphatic heterocycles. The van der Waals surface area contributed by atoms with E-state index in [1.54, 1.807) is 0 Å². The van der Waals surface area contributed by atoms with Gasteiger partial charge in [0.15, 0.2) is 5.78 Å². The summed E-state index contributed by atoms with van der Waals surface area (Å²) in [6, 6.07) is 4.06. The number of hydrogen-bond donors (Lipinski definition) is 0. The zero-order valence-electron chi connectivity index (χ0n) is 7.72. The second kappa shape index (κ2) is 4.96.